The van der Waals surface area contributed by atoms with Crippen LogP contribution in [0.3, 0.4) is 0 Å². The van der Waals surface area contributed by atoms with Crippen LogP contribution < -0.4 is 10.1 Å². The molecule has 1 atom stereocenters. The summed E-state index contributed by atoms with van der Waals surface area (Å²) in [7, 11) is 0. The molecule has 0 aliphatic carbocycles. The molecule has 2 heterocycles. The van der Waals surface area contributed by atoms with Gasteiger partial charge in [0.15, 0.2) is 0 Å². The van der Waals surface area contributed by atoms with Gasteiger partial charge >= 0.3 is 0 Å². The van der Waals surface area contributed by atoms with Crippen molar-refractivity contribution in [1.82, 2.24) is 20.2 Å². The Morgan fingerprint density at radius 1 is 0.969 bits per heavy atom. The van der Waals surface area contributed by atoms with Crippen molar-refractivity contribution in [1.29, 1.82) is 0 Å². The third-order valence-corrected chi connectivity index (χ3v) is 5.69. The summed E-state index contributed by atoms with van der Waals surface area (Å²) in [5.74, 6) is 0.782. The SMILES string of the molecule is O=C(NCCN1Cc2ccccc2O[C@H](c2ccccc2)C1)c1cccc2nccnc12. The zero-order valence-electron chi connectivity index (χ0n) is 17.6. The monoisotopic (exact) mass is 424 g/mol. The molecule has 1 aliphatic heterocycles. The molecule has 0 fully saturated rings. The predicted octanol–water partition coefficient (Wildman–Crippen LogP) is 4.00. The number of para-hydroxylation sites is 2. The van der Waals surface area contributed by atoms with Crippen molar-refractivity contribution < 1.29 is 9.53 Å². The van der Waals surface area contributed by atoms with Crippen LogP contribution in [0.5, 0.6) is 5.75 Å². The van der Waals surface area contributed by atoms with Gasteiger partial charge in [0.2, 0.25) is 0 Å². The number of carbonyl (C=O) groups excluding carboxylic acids is 1. The maximum atomic E-state index is 12.8. The van der Waals surface area contributed by atoms with Gasteiger partial charge in [-0.1, -0.05) is 54.6 Å². The minimum Gasteiger partial charge on any atom is -0.484 e. The molecule has 1 amide bonds. The van der Waals surface area contributed by atoms with E-state index in [9.17, 15) is 4.79 Å². The van der Waals surface area contributed by atoms with Crippen molar-refractivity contribution in [2.24, 2.45) is 0 Å². The molecule has 4 aromatic rings. The maximum absolute atomic E-state index is 12.8. The van der Waals surface area contributed by atoms with Gasteiger partial charge in [-0.05, 0) is 23.8 Å². The molecular weight excluding hydrogens is 400 g/mol. The third-order valence-electron chi connectivity index (χ3n) is 5.69. The number of aromatic nitrogens is 2. The lowest BCUT2D eigenvalue weighted by molar-refractivity contribution is 0.0944. The van der Waals surface area contributed by atoms with E-state index in [1.807, 2.05) is 48.5 Å². The maximum Gasteiger partial charge on any atom is 0.253 e. The van der Waals surface area contributed by atoms with E-state index in [2.05, 4.69) is 38.4 Å². The summed E-state index contributed by atoms with van der Waals surface area (Å²) in [6.45, 7) is 2.76. The van der Waals surface area contributed by atoms with Gasteiger partial charge in [0.1, 0.15) is 17.4 Å². The van der Waals surface area contributed by atoms with Gasteiger partial charge < -0.3 is 10.1 Å². The molecule has 1 aromatic heterocycles. The lowest BCUT2D eigenvalue weighted by Crippen LogP contribution is -2.36. The summed E-state index contributed by atoms with van der Waals surface area (Å²) in [5, 5.41) is 3.05. The Balaban J connectivity index is 1.29. The number of benzene rings is 3. The van der Waals surface area contributed by atoms with Crippen LogP contribution in [0.2, 0.25) is 0 Å². The van der Waals surface area contributed by atoms with Crippen LogP contribution in [0, 0.1) is 0 Å². The minimum absolute atomic E-state index is 0.0658. The normalized spacial score (nSPS) is 16.1. The van der Waals surface area contributed by atoms with Crippen molar-refractivity contribution in [2.45, 2.75) is 12.6 Å². The molecule has 0 saturated carbocycles. The molecule has 32 heavy (non-hydrogen) atoms. The van der Waals surface area contributed by atoms with Gasteiger partial charge in [-0.25, -0.2) is 0 Å². The van der Waals surface area contributed by atoms with Crippen LogP contribution in [0.25, 0.3) is 11.0 Å². The fourth-order valence-corrected chi connectivity index (χ4v) is 4.09. The number of fused-ring (bicyclic) bond motifs is 2. The van der Waals surface area contributed by atoms with E-state index >= 15 is 0 Å². The fourth-order valence-electron chi connectivity index (χ4n) is 4.09. The van der Waals surface area contributed by atoms with Crippen molar-refractivity contribution in [3.8, 4) is 5.75 Å². The highest BCUT2D eigenvalue weighted by atomic mass is 16.5. The molecule has 1 aliphatic rings. The van der Waals surface area contributed by atoms with Gasteiger partial charge in [-0.3, -0.25) is 19.7 Å². The highest BCUT2D eigenvalue weighted by molar-refractivity contribution is 6.04. The zero-order valence-corrected chi connectivity index (χ0v) is 17.6. The average molecular weight is 425 g/mol. The van der Waals surface area contributed by atoms with Crippen molar-refractivity contribution in [3.63, 3.8) is 0 Å². The lowest BCUT2D eigenvalue weighted by atomic mass is 10.1. The Bertz CT molecular complexity index is 1220. The highest BCUT2D eigenvalue weighted by Gasteiger charge is 2.24. The lowest BCUT2D eigenvalue weighted by Gasteiger charge is -2.24. The molecule has 1 N–H and O–H groups in total. The summed E-state index contributed by atoms with van der Waals surface area (Å²) >= 11 is 0. The van der Waals surface area contributed by atoms with Crippen LogP contribution in [-0.4, -0.2) is 40.4 Å². The zero-order chi connectivity index (χ0) is 21.8. The van der Waals surface area contributed by atoms with Crippen molar-refractivity contribution in [2.75, 3.05) is 19.6 Å². The van der Waals surface area contributed by atoms with E-state index in [1.165, 1.54) is 0 Å². The van der Waals surface area contributed by atoms with Gasteiger partial charge in [-0.2, -0.15) is 0 Å². The second kappa shape index (κ2) is 9.16. The quantitative estimate of drug-likeness (QED) is 0.525. The summed E-state index contributed by atoms with van der Waals surface area (Å²) in [5.41, 5.74) is 4.18. The van der Waals surface area contributed by atoms with Crippen LogP contribution >= 0.6 is 0 Å². The van der Waals surface area contributed by atoms with E-state index in [0.717, 1.165) is 30.0 Å². The molecular formula is C26H24N4O2. The number of carbonyl (C=O) groups is 1. The first-order valence-corrected chi connectivity index (χ1v) is 10.8. The summed E-state index contributed by atoms with van der Waals surface area (Å²) < 4.78 is 6.37. The Labute approximate surface area is 186 Å². The molecule has 0 spiro atoms. The van der Waals surface area contributed by atoms with Gasteiger partial charge in [-0.15, -0.1) is 0 Å². The fraction of sp³-hybridized carbons (Fsp3) is 0.192. The average Bonchev–Trinajstić information content (AvgIpc) is 3.03. The predicted molar refractivity (Wildman–Crippen MR) is 123 cm³/mol. The summed E-state index contributed by atoms with van der Waals surface area (Å²) in [6, 6.07) is 23.9. The van der Waals surface area contributed by atoms with Gasteiger partial charge in [0.05, 0.1) is 11.1 Å². The number of ether oxygens (including phenoxy) is 1. The smallest absolute Gasteiger partial charge is 0.253 e. The number of amides is 1. The first-order valence-electron chi connectivity index (χ1n) is 10.8. The van der Waals surface area contributed by atoms with Crippen LogP contribution in [0.4, 0.5) is 0 Å². The molecule has 0 radical (unpaired) electrons. The molecule has 5 rings (SSSR count). The van der Waals surface area contributed by atoms with Crippen LogP contribution in [0.15, 0.2) is 85.2 Å². The standard InChI is InChI=1S/C26H24N4O2/c31-26(21-10-6-11-22-25(21)28-14-13-27-22)29-15-16-30-17-20-9-4-5-12-23(20)32-24(18-30)19-7-2-1-3-8-19/h1-14,24H,15-18H2,(H,29,31)/t24-/m0/s1. The number of hydrogen-bond acceptors (Lipinski definition) is 5. The van der Waals surface area contributed by atoms with Crippen LogP contribution in [-0.2, 0) is 6.54 Å². The van der Waals surface area contributed by atoms with Gasteiger partial charge in [0, 0.05) is 44.1 Å². The van der Waals surface area contributed by atoms with Crippen molar-refractivity contribution >= 4 is 16.9 Å². The summed E-state index contributed by atoms with van der Waals surface area (Å²) in [6.07, 6.45) is 3.17. The van der Waals surface area contributed by atoms with Gasteiger partial charge in [0.25, 0.3) is 5.91 Å². The first kappa shape index (κ1) is 20.2. The van der Waals surface area contributed by atoms with Crippen LogP contribution in [0.1, 0.15) is 27.6 Å². The largest absolute Gasteiger partial charge is 0.484 e. The Hall–Kier alpha value is -3.77. The molecule has 6 nitrogen and oxygen atoms in total. The van der Waals surface area contributed by atoms with E-state index in [4.69, 9.17) is 4.74 Å². The second-order valence-electron chi connectivity index (χ2n) is 7.85. The molecule has 0 bridgehead atoms. The second-order valence-corrected chi connectivity index (χ2v) is 7.85. The number of nitrogens with zero attached hydrogens (tertiary/aromatic N) is 3. The molecule has 0 saturated heterocycles. The Kier molecular flexibility index (Phi) is 5.77. The third kappa shape index (κ3) is 4.31. The molecule has 3 aromatic carbocycles. The number of hydrogen-bond donors (Lipinski definition) is 1. The molecule has 0 unspecified atom stereocenters. The summed E-state index contributed by atoms with van der Waals surface area (Å²) in [4.78, 5) is 23.8. The van der Waals surface area contributed by atoms with E-state index in [-0.39, 0.29) is 12.0 Å². The highest BCUT2D eigenvalue weighted by Crippen LogP contribution is 2.30. The van der Waals surface area contributed by atoms with Crippen molar-refractivity contribution in [3.05, 3.63) is 102 Å². The molecule has 160 valence electrons. The number of nitrogens with one attached hydrogen (secondary N) is 1. The van der Waals surface area contributed by atoms with E-state index in [0.29, 0.717) is 29.7 Å². The molecule has 6 heteroatoms. The topological polar surface area (TPSA) is 67.4 Å². The van der Waals surface area contributed by atoms with E-state index in [1.54, 1.807) is 18.5 Å². The van der Waals surface area contributed by atoms with E-state index < -0.39 is 0 Å². The first-order chi connectivity index (χ1) is 15.8. The Morgan fingerprint density at radius 2 is 1.78 bits per heavy atom. The number of rotatable bonds is 5. The Morgan fingerprint density at radius 3 is 2.69 bits per heavy atom. The minimum atomic E-state index is -0.137.